The minimum absolute atomic E-state index is 0.254. The number of anilines is 2. The van der Waals surface area contributed by atoms with Crippen LogP contribution in [0.3, 0.4) is 0 Å². The van der Waals surface area contributed by atoms with Crippen LogP contribution in [-0.2, 0) is 9.59 Å². The molecule has 24 heavy (non-hydrogen) atoms. The fourth-order valence-electron chi connectivity index (χ4n) is 2.88. The predicted octanol–water partition coefficient (Wildman–Crippen LogP) is 2.76. The summed E-state index contributed by atoms with van der Waals surface area (Å²) < 4.78 is 0. The lowest BCUT2D eigenvalue weighted by Crippen LogP contribution is -2.41. The molecule has 1 N–H and O–H groups in total. The Morgan fingerprint density at radius 1 is 0.875 bits per heavy atom. The summed E-state index contributed by atoms with van der Waals surface area (Å²) in [6.45, 7) is 1.66. The van der Waals surface area contributed by atoms with Gasteiger partial charge >= 0.3 is 0 Å². The third kappa shape index (κ3) is 3.03. The van der Waals surface area contributed by atoms with Gasteiger partial charge in [0.15, 0.2) is 0 Å². The first-order chi connectivity index (χ1) is 11.6. The van der Waals surface area contributed by atoms with E-state index < -0.39 is 12.0 Å². The van der Waals surface area contributed by atoms with E-state index in [1.165, 1.54) is 10.0 Å². The van der Waals surface area contributed by atoms with Gasteiger partial charge in [-0.2, -0.15) is 0 Å². The number of benzene rings is 2. The van der Waals surface area contributed by atoms with Crippen molar-refractivity contribution < 1.29 is 14.7 Å². The van der Waals surface area contributed by atoms with E-state index in [9.17, 15) is 14.7 Å². The number of nitrogens with zero attached hydrogens (tertiary/aromatic N) is 2. The van der Waals surface area contributed by atoms with Crippen LogP contribution in [0.25, 0.3) is 0 Å². The molecule has 5 nitrogen and oxygen atoms in total. The van der Waals surface area contributed by atoms with Crippen LogP contribution < -0.4 is 10.0 Å². The SMILES string of the molecule is C[C@H](O)CCC1C(=O)N(c2ccccc2)N(c2ccccc2)C1=O. The van der Waals surface area contributed by atoms with E-state index in [4.69, 9.17) is 0 Å². The quantitative estimate of drug-likeness (QED) is 0.860. The summed E-state index contributed by atoms with van der Waals surface area (Å²) in [6, 6.07) is 18.3. The average Bonchev–Trinajstić information content (AvgIpc) is 2.85. The maximum absolute atomic E-state index is 12.9. The van der Waals surface area contributed by atoms with Gasteiger partial charge in [-0.25, -0.2) is 10.0 Å². The molecule has 0 aliphatic carbocycles. The molecule has 0 saturated carbocycles. The van der Waals surface area contributed by atoms with E-state index in [1.807, 2.05) is 36.4 Å². The number of hydrogen-bond acceptors (Lipinski definition) is 3. The Morgan fingerprint density at radius 3 is 1.67 bits per heavy atom. The van der Waals surface area contributed by atoms with E-state index in [2.05, 4.69) is 0 Å². The second-order valence-electron chi connectivity index (χ2n) is 5.95. The second kappa shape index (κ2) is 6.84. The van der Waals surface area contributed by atoms with Gasteiger partial charge in [-0.05, 0) is 44.0 Å². The molecule has 0 spiro atoms. The Morgan fingerprint density at radius 2 is 1.29 bits per heavy atom. The maximum Gasteiger partial charge on any atom is 0.258 e. The van der Waals surface area contributed by atoms with Crippen LogP contribution in [0.4, 0.5) is 11.4 Å². The van der Waals surface area contributed by atoms with Crippen molar-refractivity contribution in [2.45, 2.75) is 25.9 Å². The summed E-state index contributed by atoms with van der Waals surface area (Å²) in [5, 5.41) is 12.4. The van der Waals surface area contributed by atoms with Gasteiger partial charge in [0, 0.05) is 0 Å². The van der Waals surface area contributed by atoms with Gasteiger partial charge in [0.1, 0.15) is 5.92 Å². The number of aliphatic hydroxyl groups excluding tert-OH is 1. The molecular formula is C19H20N2O3. The van der Waals surface area contributed by atoms with Crippen molar-refractivity contribution in [2.75, 3.05) is 10.0 Å². The highest BCUT2D eigenvalue weighted by atomic mass is 16.3. The molecular weight excluding hydrogens is 304 g/mol. The Balaban J connectivity index is 1.99. The molecule has 0 radical (unpaired) electrons. The molecule has 124 valence electrons. The lowest BCUT2D eigenvalue weighted by Gasteiger charge is -2.27. The lowest BCUT2D eigenvalue weighted by molar-refractivity contribution is -0.127. The first-order valence-electron chi connectivity index (χ1n) is 8.05. The number of carbonyl (C=O) groups excluding carboxylic acids is 2. The molecule has 1 atom stereocenters. The van der Waals surface area contributed by atoms with Crippen LogP contribution in [0.15, 0.2) is 60.7 Å². The monoisotopic (exact) mass is 324 g/mol. The Kier molecular flexibility index (Phi) is 4.62. The highest BCUT2D eigenvalue weighted by Crippen LogP contribution is 2.33. The highest BCUT2D eigenvalue weighted by Gasteiger charge is 2.46. The Hall–Kier alpha value is -2.66. The third-order valence-electron chi connectivity index (χ3n) is 4.09. The summed E-state index contributed by atoms with van der Waals surface area (Å²) in [4.78, 5) is 25.8. The molecule has 2 amide bonds. The summed E-state index contributed by atoms with van der Waals surface area (Å²) in [5.41, 5.74) is 1.30. The average molecular weight is 324 g/mol. The summed E-state index contributed by atoms with van der Waals surface area (Å²) in [6.07, 6.45) is 0.205. The van der Waals surface area contributed by atoms with Crippen LogP contribution in [-0.4, -0.2) is 23.0 Å². The second-order valence-corrected chi connectivity index (χ2v) is 5.95. The molecule has 0 aromatic heterocycles. The molecule has 5 heteroatoms. The molecule has 1 fully saturated rings. The van der Waals surface area contributed by atoms with Gasteiger partial charge in [-0.3, -0.25) is 9.59 Å². The fourth-order valence-corrected chi connectivity index (χ4v) is 2.88. The fraction of sp³-hybridized carbons (Fsp3) is 0.263. The molecule has 1 heterocycles. The Labute approximate surface area is 141 Å². The van der Waals surface area contributed by atoms with Crippen LogP contribution in [0.2, 0.25) is 0 Å². The van der Waals surface area contributed by atoms with Gasteiger partial charge in [0.25, 0.3) is 11.8 Å². The summed E-state index contributed by atoms with van der Waals surface area (Å²) >= 11 is 0. The van der Waals surface area contributed by atoms with Crippen LogP contribution in [0, 0.1) is 5.92 Å². The molecule has 2 aromatic carbocycles. The smallest absolute Gasteiger partial charge is 0.258 e. The number of rotatable bonds is 5. The Bertz CT molecular complexity index is 658. The van der Waals surface area contributed by atoms with Crippen LogP contribution in [0.5, 0.6) is 0 Å². The molecule has 1 saturated heterocycles. The minimum Gasteiger partial charge on any atom is -0.393 e. The third-order valence-corrected chi connectivity index (χ3v) is 4.09. The maximum atomic E-state index is 12.9. The van der Waals surface area contributed by atoms with Gasteiger partial charge < -0.3 is 5.11 Å². The number of amides is 2. The number of aliphatic hydroxyl groups is 1. The molecule has 0 unspecified atom stereocenters. The minimum atomic E-state index is -0.764. The molecule has 0 bridgehead atoms. The van der Waals surface area contributed by atoms with Crippen molar-refractivity contribution in [1.29, 1.82) is 0 Å². The van der Waals surface area contributed by atoms with E-state index in [0.717, 1.165) is 0 Å². The predicted molar refractivity (Wildman–Crippen MR) is 92.3 cm³/mol. The highest BCUT2D eigenvalue weighted by molar-refractivity contribution is 6.22. The van der Waals surface area contributed by atoms with Gasteiger partial charge in [-0.1, -0.05) is 36.4 Å². The van der Waals surface area contributed by atoms with Gasteiger partial charge in [0.05, 0.1) is 17.5 Å². The van der Waals surface area contributed by atoms with E-state index >= 15 is 0 Å². The van der Waals surface area contributed by atoms with Crippen molar-refractivity contribution in [3.63, 3.8) is 0 Å². The van der Waals surface area contributed by atoms with Gasteiger partial charge in [0.2, 0.25) is 0 Å². The number of hydrazine groups is 1. The van der Waals surface area contributed by atoms with E-state index in [1.54, 1.807) is 31.2 Å². The van der Waals surface area contributed by atoms with Gasteiger partial charge in [-0.15, -0.1) is 0 Å². The molecule has 2 aromatic rings. The molecule has 3 rings (SSSR count). The van der Waals surface area contributed by atoms with Crippen LogP contribution in [0.1, 0.15) is 19.8 Å². The van der Waals surface area contributed by atoms with Crippen LogP contribution >= 0.6 is 0 Å². The number of carbonyl (C=O) groups is 2. The summed E-state index contributed by atoms with van der Waals surface area (Å²) in [7, 11) is 0. The van der Waals surface area contributed by atoms with E-state index in [-0.39, 0.29) is 11.8 Å². The van der Waals surface area contributed by atoms with Crippen molar-refractivity contribution in [3.8, 4) is 0 Å². The zero-order valence-corrected chi connectivity index (χ0v) is 13.5. The van der Waals surface area contributed by atoms with E-state index in [0.29, 0.717) is 24.2 Å². The zero-order valence-electron chi connectivity index (χ0n) is 13.5. The van der Waals surface area contributed by atoms with Crippen molar-refractivity contribution in [2.24, 2.45) is 5.92 Å². The van der Waals surface area contributed by atoms with Crippen molar-refractivity contribution in [1.82, 2.24) is 0 Å². The largest absolute Gasteiger partial charge is 0.393 e. The van der Waals surface area contributed by atoms with Crippen molar-refractivity contribution in [3.05, 3.63) is 60.7 Å². The normalized spacial score (nSPS) is 16.8. The summed E-state index contributed by atoms with van der Waals surface area (Å²) in [5.74, 6) is -1.27. The standard InChI is InChI=1S/C19H20N2O3/c1-14(22)12-13-17-18(23)20(15-8-4-2-5-9-15)21(19(17)24)16-10-6-3-7-11-16/h2-11,14,17,22H,12-13H2,1H3/t14-/m0/s1. The number of para-hydroxylation sites is 2. The molecule has 1 aliphatic heterocycles. The van der Waals surface area contributed by atoms with Crippen molar-refractivity contribution >= 4 is 23.2 Å². The zero-order chi connectivity index (χ0) is 17.1. The topological polar surface area (TPSA) is 60.9 Å². The first kappa shape index (κ1) is 16.2. The lowest BCUT2D eigenvalue weighted by atomic mass is 10.0. The number of hydrogen-bond donors (Lipinski definition) is 1. The first-order valence-corrected chi connectivity index (χ1v) is 8.05. The molecule has 1 aliphatic rings.